The van der Waals surface area contributed by atoms with Gasteiger partial charge in [0, 0.05) is 6.42 Å². The van der Waals surface area contributed by atoms with Crippen LogP contribution >= 0.6 is 23.1 Å². The summed E-state index contributed by atoms with van der Waals surface area (Å²) < 4.78 is 5.73. The van der Waals surface area contributed by atoms with Gasteiger partial charge >= 0.3 is 0 Å². The van der Waals surface area contributed by atoms with Gasteiger partial charge in [-0.25, -0.2) is 9.99 Å². The normalized spacial score (nSPS) is 16.2. The first-order valence-corrected chi connectivity index (χ1v) is 11.5. The molecule has 1 amide bonds. The number of carbonyl (C=O) groups is 1. The maximum Gasteiger partial charge on any atom is 0.257 e. The van der Waals surface area contributed by atoms with Gasteiger partial charge in [-0.1, -0.05) is 59.8 Å². The molecular weight excluding hydrogens is 414 g/mol. The number of aryl methyl sites for hydroxylation is 1. The highest BCUT2D eigenvalue weighted by atomic mass is 32.2. The number of hydrogen-bond donors (Lipinski definition) is 0. The third-order valence-corrected chi connectivity index (χ3v) is 6.76. The monoisotopic (exact) mass is 433 g/mol. The molecule has 0 fully saturated rings. The number of aromatic nitrogens is 1. The van der Waals surface area contributed by atoms with Gasteiger partial charge in [0.2, 0.25) is 0 Å². The van der Waals surface area contributed by atoms with Crippen LogP contribution in [0, 0.1) is 6.92 Å². The SMILES string of the molecule is Cc1ccc([C@H]2CC(c3cccs3)=NN2C(=O)CSc2nc3ccccc3o2)cc1. The Morgan fingerprint density at radius 3 is 2.77 bits per heavy atom. The number of benzene rings is 2. The van der Waals surface area contributed by atoms with Gasteiger partial charge in [-0.3, -0.25) is 4.79 Å². The second-order valence-electron chi connectivity index (χ2n) is 7.13. The van der Waals surface area contributed by atoms with E-state index in [9.17, 15) is 4.79 Å². The largest absolute Gasteiger partial charge is 0.431 e. The summed E-state index contributed by atoms with van der Waals surface area (Å²) in [6.45, 7) is 2.06. The van der Waals surface area contributed by atoms with E-state index in [-0.39, 0.29) is 17.7 Å². The molecule has 1 aliphatic heterocycles. The fourth-order valence-electron chi connectivity index (χ4n) is 3.48. The first-order valence-electron chi connectivity index (χ1n) is 9.66. The van der Waals surface area contributed by atoms with Gasteiger partial charge in [-0.05, 0) is 36.1 Å². The summed E-state index contributed by atoms with van der Waals surface area (Å²) >= 11 is 2.95. The Kier molecular flexibility index (Phi) is 5.14. The van der Waals surface area contributed by atoms with E-state index >= 15 is 0 Å². The summed E-state index contributed by atoms with van der Waals surface area (Å²) in [5.41, 5.74) is 4.76. The molecule has 30 heavy (non-hydrogen) atoms. The molecule has 0 N–H and O–H groups in total. The number of hydrazone groups is 1. The lowest BCUT2D eigenvalue weighted by atomic mass is 10.00. The third kappa shape index (κ3) is 3.78. The highest BCUT2D eigenvalue weighted by molar-refractivity contribution is 7.99. The zero-order valence-electron chi connectivity index (χ0n) is 16.3. The lowest BCUT2D eigenvalue weighted by Gasteiger charge is -2.21. The van der Waals surface area contributed by atoms with E-state index in [1.54, 1.807) is 16.3 Å². The maximum absolute atomic E-state index is 13.1. The van der Waals surface area contributed by atoms with Crippen LogP contribution in [0.25, 0.3) is 11.1 Å². The molecule has 5 rings (SSSR count). The van der Waals surface area contributed by atoms with Crippen LogP contribution in [0.1, 0.15) is 28.5 Å². The van der Waals surface area contributed by atoms with Gasteiger partial charge in [-0.15, -0.1) is 11.3 Å². The summed E-state index contributed by atoms with van der Waals surface area (Å²) in [7, 11) is 0. The molecule has 2 aromatic carbocycles. The number of para-hydroxylation sites is 2. The van der Waals surface area contributed by atoms with Crippen molar-refractivity contribution in [3.8, 4) is 0 Å². The second-order valence-corrected chi connectivity index (χ2v) is 9.00. The van der Waals surface area contributed by atoms with E-state index in [1.807, 2.05) is 35.7 Å². The van der Waals surface area contributed by atoms with Crippen LogP contribution in [0.3, 0.4) is 0 Å². The molecule has 1 atom stereocenters. The summed E-state index contributed by atoms with van der Waals surface area (Å²) in [5.74, 6) is 0.163. The van der Waals surface area contributed by atoms with Crippen molar-refractivity contribution in [3.05, 3.63) is 82.0 Å². The number of hydrogen-bond acceptors (Lipinski definition) is 6. The molecular formula is C23H19N3O2S2. The van der Waals surface area contributed by atoms with E-state index in [4.69, 9.17) is 9.52 Å². The van der Waals surface area contributed by atoms with E-state index in [0.29, 0.717) is 11.6 Å². The summed E-state index contributed by atoms with van der Waals surface area (Å²) in [6, 6.07) is 19.9. The summed E-state index contributed by atoms with van der Waals surface area (Å²) in [5, 5.41) is 8.88. The molecule has 7 heteroatoms. The Morgan fingerprint density at radius 2 is 2.00 bits per heavy atom. The van der Waals surface area contributed by atoms with Crippen molar-refractivity contribution >= 4 is 45.8 Å². The van der Waals surface area contributed by atoms with Crippen molar-refractivity contribution in [1.29, 1.82) is 0 Å². The molecule has 2 aromatic heterocycles. The first-order chi connectivity index (χ1) is 14.7. The Labute approximate surface area is 182 Å². The highest BCUT2D eigenvalue weighted by Crippen LogP contribution is 2.35. The Hall–Kier alpha value is -2.90. The lowest BCUT2D eigenvalue weighted by molar-refractivity contribution is -0.130. The molecule has 5 nitrogen and oxygen atoms in total. The minimum Gasteiger partial charge on any atom is -0.431 e. The van der Waals surface area contributed by atoms with Gasteiger partial charge in [0.15, 0.2) is 5.58 Å². The Bertz CT molecular complexity index is 1180. The van der Waals surface area contributed by atoms with Crippen LogP contribution in [-0.2, 0) is 4.79 Å². The molecule has 3 heterocycles. The molecule has 0 radical (unpaired) electrons. The summed E-state index contributed by atoms with van der Waals surface area (Å²) in [4.78, 5) is 18.7. The predicted molar refractivity (Wildman–Crippen MR) is 121 cm³/mol. The minimum atomic E-state index is -0.0977. The van der Waals surface area contributed by atoms with Gasteiger partial charge in [0.1, 0.15) is 5.52 Å². The Balaban J connectivity index is 1.37. The van der Waals surface area contributed by atoms with Crippen LogP contribution in [0.5, 0.6) is 0 Å². The number of carbonyl (C=O) groups excluding carboxylic acids is 1. The van der Waals surface area contributed by atoms with E-state index in [0.717, 1.165) is 27.3 Å². The molecule has 0 aliphatic carbocycles. The first kappa shape index (κ1) is 19.1. The van der Waals surface area contributed by atoms with Crippen LogP contribution in [-0.4, -0.2) is 27.4 Å². The van der Waals surface area contributed by atoms with Crippen molar-refractivity contribution < 1.29 is 9.21 Å². The van der Waals surface area contributed by atoms with E-state index in [1.165, 1.54) is 17.3 Å². The molecule has 150 valence electrons. The predicted octanol–water partition coefficient (Wildman–Crippen LogP) is 5.67. The molecule has 0 unspecified atom stereocenters. The molecule has 0 bridgehead atoms. The van der Waals surface area contributed by atoms with Gasteiger partial charge < -0.3 is 4.42 Å². The molecule has 0 spiro atoms. The molecule has 4 aromatic rings. The van der Waals surface area contributed by atoms with Crippen LogP contribution < -0.4 is 0 Å². The number of thioether (sulfide) groups is 1. The number of amides is 1. The number of fused-ring (bicyclic) bond motifs is 1. The van der Waals surface area contributed by atoms with Gasteiger partial charge in [0.05, 0.1) is 22.4 Å². The van der Waals surface area contributed by atoms with Crippen molar-refractivity contribution in [2.24, 2.45) is 5.10 Å². The van der Waals surface area contributed by atoms with Crippen LogP contribution in [0.2, 0.25) is 0 Å². The zero-order chi connectivity index (χ0) is 20.5. The fraction of sp³-hybridized carbons (Fsp3) is 0.174. The van der Waals surface area contributed by atoms with Crippen molar-refractivity contribution in [2.45, 2.75) is 24.6 Å². The van der Waals surface area contributed by atoms with Gasteiger partial charge in [-0.2, -0.15) is 5.10 Å². The molecule has 1 aliphatic rings. The molecule has 0 saturated carbocycles. The fourth-order valence-corrected chi connectivity index (χ4v) is 4.89. The minimum absolute atomic E-state index is 0.0561. The molecule has 0 saturated heterocycles. The highest BCUT2D eigenvalue weighted by Gasteiger charge is 2.33. The standard InChI is InChI=1S/C23H19N3O2S2/c1-15-8-10-16(11-9-15)19-13-18(21-7-4-12-29-21)25-26(19)22(27)14-30-23-24-17-5-2-3-6-20(17)28-23/h2-12,19H,13-14H2,1H3/t19-/m1/s1. The third-order valence-electron chi connectivity index (χ3n) is 5.03. The number of oxazole rings is 1. The summed E-state index contributed by atoms with van der Waals surface area (Å²) in [6.07, 6.45) is 0.711. The smallest absolute Gasteiger partial charge is 0.257 e. The van der Waals surface area contributed by atoms with Crippen molar-refractivity contribution in [2.75, 3.05) is 5.75 Å². The van der Waals surface area contributed by atoms with Crippen molar-refractivity contribution in [1.82, 2.24) is 9.99 Å². The number of nitrogens with zero attached hydrogens (tertiary/aromatic N) is 3. The lowest BCUT2D eigenvalue weighted by Crippen LogP contribution is -2.28. The average Bonchev–Trinajstić information content (AvgIpc) is 3.51. The van der Waals surface area contributed by atoms with Crippen molar-refractivity contribution in [3.63, 3.8) is 0 Å². The Morgan fingerprint density at radius 1 is 1.17 bits per heavy atom. The van der Waals surface area contributed by atoms with E-state index in [2.05, 4.69) is 42.2 Å². The maximum atomic E-state index is 13.1. The van der Waals surface area contributed by atoms with Crippen LogP contribution in [0.15, 0.2) is 80.8 Å². The van der Waals surface area contributed by atoms with Gasteiger partial charge in [0.25, 0.3) is 11.1 Å². The zero-order valence-corrected chi connectivity index (χ0v) is 18.0. The topological polar surface area (TPSA) is 58.7 Å². The second kappa shape index (κ2) is 8.08. The van der Waals surface area contributed by atoms with Crippen LogP contribution in [0.4, 0.5) is 0 Å². The quantitative estimate of drug-likeness (QED) is 0.381. The average molecular weight is 434 g/mol. The number of thiophene rings is 1. The number of rotatable bonds is 5. The van der Waals surface area contributed by atoms with E-state index < -0.39 is 0 Å².